The van der Waals surface area contributed by atoms with Gasteiger partial charge in [0.05, 0.1) is 0 Å². The number of hydrogen-bond acceptors (Lipinski definition) is 0. The molecule has 0 aromatic heterocycles. The second-order valence-corrected chi connectivity index (χ2v) is 7.06. The fourth-order valence-corrected chi connectivity index (χ4v) is 3.08. The highest BCUT2D eigenvalue weighted by molar-refractivity contribution is 4.57. The number of rotatable bonds is 14. The van der Waals surface area contributed by atoms with Crippen LogP contribution in [0.25, 0.3) is 0 Å². The predicted molar refractivity (Wildman–Crippen MR) is 89.7 cm³/mol. The molecule has 0 aliphatic rings. The van der Waals surface area contributed by atoms with Gasteiger partial charge in [0.15, 0.2) is 0 Å². The van der Waals surface area contributed by atoms with Crippen molar-refractivity contribution < 1.29 is 0 Å². The highest BCUT2D eigenvalue weighted by Gasteiger charge is 2.04. The van der Waals surface area contributed by atoms with E-state index < -0.39 is 0 Å². The molecule has 0 saturated heterocycles. The van der Waals surface area contributed by atoms with Crippen LogP contribution in [0, 0.1) is 11.8 Å². The molecule has 0 rings (SSSR count). The minimum atomic E-state index is 0.878. The van der Waals surface area contributed by atoms with Crippen LogP contribution in [0.4, 0.5) is 0 Å². The standard InChI is InChI=1S/C19H40/c1-5-6-7-8-9-10-11-12-13-14-15-16-19(4)17-18(2)3/h18-19H,5-17H2,1-4H3. The molecule has 0 radical (unpaired) electrons. The van der Waals surface area contributed by atoms with Crippen molar-refractivity contribution >= 4 is 0 Å². The molecule has 0 saturated carbocycles. The molecule has 0 aromatic carbocycles. The first-order chi connectivity index (χ1) is 9.16. The average molecular weight is 269 g/mol. The topological polar surface area (TPSA) is 0 Å². The Morgan fingerprint density at radius 2 is 1.00 bits per heavy atom. The molecule has 0 aromatic rings. The van der Waals surface area contributed by atoms with Crippen LogP contribution in [0.3, 0.4) is 0 Å². The van der Waals surface area contributed by atoms with Crippen molar-refractivity contribution in [2.45, 2.75) is 111 Å². The summed E-state index contributed by atoms with van der Waals surface area (Å²) in [5, 5.41) is 0. The second kappa shape index (κ2) is 14.4. The number of hydrogen-bond donors (Lipinski definition) is 0. The molecular weight excluding hydrogens is 228 g/mol. The number of unbranched alkanes of at least 4 members (excludes halogenated alkanes) is 10. The Morgan fingerprint density at radius 1 is 0.579 bits per heavy atom. The molecule has 0 nitrogen and oxygen atoms in total. The van der Waals surface area contributed by atoms with Gasteiger partial charge in [-0.15, -0.1) is 0 Å². The van der Waals surface area contributed by atoms with Crippen LogP contribution < -0.4 is 0 Å². The lowest BCUT2D eigenvalue weighted by molar-refractivity contribution is 0.397. The smallest absolute Gasteiger partial charge is 0.0440 e. The van der Waals surface area contributed by atoms with Gasteiger partial charge in [-0.2, -0.15) is 0 Å². The zero-order valence-electron chi connectivity index (χ0n) is 14.3. The van der Waals surface area contributed by atoms with Crippen LogP contribution in [0.2, 0.25) is 0 Å². The Bertz CT molecular complexity index is 159. The minimum absolute atomic E-state index is 0.878. The van der Waals surface area contributed by atoms with Crippen molar-refractivity contribution in [3.8, 4) is 0 Å². The third kappa shape index (κ3) is 15.9. The highest BCUT2D eigenvalue weighted by Crippen LogP contribution is 2.18. The van der Waals surface area contributed by atoms with Gasteiger partial charge >= 0.3 is 0 Å². The zero-order valence-corrected chi connectivity index (χ0v) is 14.3. The normalized spacial score (nSPS) is 13.1. The van der Waals surface area contributed by atoms with Crippen LogP contribution >= 0.6 is 0 Å². The molecule has 0 heteroatoms. The van der Waals surface area contributed by atoms with E-state index in [1.807, 2.05) is 0 Å². The summed E-state index contributed by atoms with van der Waals surface area (Å²) in [5.41, 5.74) is 0. The Kier molecular flexibility index (Phi) is 14.4. The maximum absolute atomic E-state index is 2.43. The van der Waals surface area contributed by atoms with Gasteiger partial charge in [0.25, 0.3) is 0 Å². The maximum atomic E-state index is 2.43. The summed E-state index contributed by atoms with van der Waals surface area (Å²) >= 11 is 0. The lowest BCUT2D eigenvalue weighted by Gasteiger charge is -2.13. The van der Waals surface area contributed by atoms with Gasteiger partial charge in [0, 0.05) is 0 Å². The van der Waals surface area contributed by atoms with E-state index in [-0.39, 0.29) is 0 Å². The molecule has 19 heavy (non-hydrogen) atoms. The van der Waals surface area contributed by atoms with Crippen molar-refractivity contribution in [2.75, 3.05) is 0 Å². The van der Waals surface area contributed by atoms with Gasteiger partial charge < -0.3 is 0 Å². The molecule has 0 aliphatic heterocycles. The van der Waals surface area contributed by atoms with Gasteiger partial charge in [-0.1, -0.05) is 105 Å². The first kappa shape index (κ1) is 19.0. The van der Waals surface area contributed by atoms with Gasteiger partial charge in [-0.05, 0) is 18.3 Å². The summed E-state index contributed by atoms with van der Waals surface area (Å²) in [6.07, 6.45) is 18.9. The molecule has 1 atom stereocenters. The Morgan fingerprint density at radius 3 is 1.42 bits per heavy atom. The first-order valence-corrected chi connectivity index (χ1v) is 9.16. The van der Waals surface area contributed by atoms with Crippen LogP contribution in [-0.2, 0) is 0 Å². The van der Waals surface area contributed by atoms with Crippen LogP contribution in [-0.4, -0.2) is 0 Å². The average Bonchev–Trinajstić information content (AvgIpc) is 2.35. The van der Waals surface area contributed by atoms with Crippen molar-refractivity contribution in [3.63, 3.8) is 0 Å². The van der Waals surface area contributed by atoms with E-state index >= 15 is 0 Å². The van der Waals surface area contributed by atoms with Gasteiger partial charge in [0.1, 0.15) is 0 Å². The first-order valence-electron chi connectivity index (χ1n) is 9.16. The van der Waals surface area contributed by atoms with E-state index in [2.05, 4.69) is 27.7 Å². The molecule has 0 aliphatic carbocycles. The Labute approximate surface area is 123 Å². The van der Waals surface area contributed by atoms with E-state index in [1.165, 1.54) is 83.5 Å². The third-order valence-corrected chi connectivity index (χ3v) is 4.17. The highest BCUT2D eigenvalue weighted by atomic mass is 14.1. The van der Waals surface area contributed by atoms with Gasteiger partial charge in [-0.25, -0.2) is 0 Å². The van der Waals surface area contributed by atoms with Crippen molar-refractivity contribution in [1.82, 2.24) is 0 Å². The van der Waals surface area contributed by atoms with Gasteiger partial charge in [-0.3, -0.25) is 0 Å². The molecule has 0 fully saturated rings. The molecule has 116 valence electrons. The maximum Gasteiger partial charge on any atom is -0.0440 e. The minimum Gasteiger partial charge on any atom is -0.0654 e. The largest absolute Gasteiger partial charge is 0.0654 e. The molecule has 0 N–H and O–H groups in total. The van der Waals surface area contributed by atoms with Crippen LogP contribution in [0.5, 0.6) is 0 Å². The molecule has 0 spiro atoms. The van der Waals surface area contributed by atoms with E-state index in [0.29, 0.717) is 0 Å². The molecular formula is C19H40. The fourth-order valence-electron chi connectivity index (χ4n) is 3.08. The monoisotopic (exact) mass is 268 g/mol. The van der Waals surface area contributed by atoms with E-state index in [4.69, 9.17) is 0 Å². The van der Waals surface area contributed by atoms with Crippen molar-refractivity contribution in [1.29, 1.82) is 0 Å². The van der Waals surface area contributed by atoms with Crippen molar-refractivity contribution in [3.05, 3.63) is 0 Å². The second-order valence-electron chi connectivity index (χ2n) is 7.06. The quantitative estimate of drug-likeness (QED) is 0.288. The summed E-state index contributed by atoms with van der Waals surface area (Å²) < 4.78 is 0. The van der Waals surface area contributed by atoms with Crippen molar-refractivity contribution in [2.24, 2.45) is 11.8 Å². The molecule has 0 amide bonds. The van der Waals surface area contributed by atoms with E-state index in [1.54, 1.807) is 0 Å². The van der Waals surface area contributed by atoms with Crippen LogP contribution in [0.1, 0.15) is 111 Å². The summed E-state index contributed by atoms with van der Waals surface area (Å²) in [6, 6.07) is 0. The van der Waals surface area contributed by atoms with Gasteiger partial charge in [0.2, 0.25) is 0 Å². The van der Waals surface area contributed by atoms with E-state index in [0.717, 1.165) is 11.8 Å². The summed E-state index contributed by atoms with van der Waals surface area (Å²) in [4.78, 5) is 0. The Balaban J connectivity index is 3.06. The zero-order chi connectivity index (χ0) is 14.3. The summed E-state index contributed by atoms with van der Waals surface area (Å²) in [5.74, 6) is 1.82. The molecule has 0 bridgehead atoms. The lowest BCUT2D eigenvalue weighted by atomic mass is 9.93. The summed E-state index contributed by atoms with van der Waals surface area (Å²) in [7, 11) is 0. The Hall–Kier alpha value is 0. The predicted octanol–water partition coefficient (Wildman–Crippen LogP) is 7.37. The summed E-state index contributed by atoms with van der Waals surface area (Å²) in [6.45, 7) is 9.41. The third-order valence-electron chi connectivity index (χ3n) is 4.17. The van der Waals surface area contributed by atoms with Crippen LogP contribution in [0.15, 0.2) is 0 Å². The van der Waals surface area contributed by atoms with E-state index in [9.17, 15) is 0 Å². The SMILES string of the molecule is CCCCCCCCCCCCCC(C)CC(C)C. The fraction of sp³-hybridized carbons (Fsp3) is 1.00. The molecule has 1 unspecified atom stereocenters. The molecule has 0 heterocycles. The lowest BCUT2D eigenvalue weighted by Crippen LogP contribution is -1.99.